The van der Waals surface area contributed by atoms with Crippen molar-refractivity contribution in [2.45, 2.75) is 50.7 Å². The summed E-state index contributed by atoms with van der Waals surface area (Å²) in [6, 6.07) is 10.5. The van der Waals surface area contributed by atoms with E-state index in [4.69, 9.17) is 9.47 Å². The second-order valence-corrected chi connectivity index (χ2v) is 9.15. The number of alkyl halides is 6. The number of ether oxygens (including phenoxy) is 2. The standard InChI is InChI=1S/C27H26F7NO2/c1-17(20-13-21(26(29,30)31)15-22(14-20)27(32,33)34)37-25-24(19-7-9-23(28)10-8-19)35(11-12-36-25)16-18-5-3-2-4-6-18/h2-7,9-10,13-15,17,19,24-25H,8,11-12,16H2,1H3/t17-,19-,24?,25-/m1/s1. The van der Waals surface area contributed by atoms with Gasteiger partial charge in [0.05, 0.1) is 29.9 Å². The third kappa shape index (κ3) is 6.80. The van der Waals surface area contributed by atoms with Crippen LogP contribution in [0.25, 0.3) is 0 Å². The quantitative estimate of drug-likeness (QED) is 0.363. The predicted molar refractivity (Wildman–Crippen MR) is 123 cm³/mol. The molecule has 0 amide bonds. The highest BCUT2D eigenvalue weighted by Crippen LogP contribution is 2.39. The van der Waals surface area contributed by atoms with Crippen LogP contribution in [0.4, 0.5) is 30.7 Å². The summed E-state index contributed by atoms with van der Waals surface area (Å²) >= 11 is 0. The molecular formula is C27H26F7NO2. The highest BCUT2D eigenvalue weighted by atomic mass is 19.4. The van der Waals surface area contributed by atoms with Crippen molar-refractivity contribution in [3.05, 3.63) is 94.8 Å². The van der Waals surface area contributed by atoms with E-state index in [9.17, 15) is 30.7 Å². The molecule has 1 saturated heterocycles. The summed E-state index contributed by atoms with van der Waals surface area (Å²) in [6.07, 6.45) is -7.23. The van der Waals surface area contributed by atoms with Gasteiger partial charge in [-0.05, 0) is 54.8 Å². The van der Waals surface area contributed by atoms with Gasteiger partial charge in [0.2, 0.25) is 0 Å². The molecule has 4 atom stereocenters. The normalized spacial score (nSPS) is 24.1. The summed E-state index contributed by atoms with van der Waals surface area (Å²) in [4.78, 5) is 2.09. The molecule has 10 heteroatoms. The Morgan fingerprint density at radius 3 is 2.22 bits per heavy atom. The number of halogens is 7. The minimum atomic E-state index is -4.96. The van der Waals surface area contributed by atoms with Crippen LogP contribution in [0.3, 0.4) is 0 Å². The van der Waals surface area contributed by atoms with Crippen LogP contribution < -0.4 is 0 Å². The fraction of sp³-hybridized carbons (Fsp3) is 0.407. The van der Waals surface area contributed by atoms with Crippen LogP contribution in [0.5, 0.6) is 0 Å². The van der Waals surface area contributed by atoms with Crippen molar-refractivity contribution in [3.8, 4) is 0 Å². The van der Waals surface area contributed by atoms with Crippen LogP contribution in [-0.2, 0) is 28.4 Å². The minimum absolute atomic E-state index is 0.0887. The van der Waals surface area contributed by atoms with Gasteiger partial charge in [0, 0.05) is 19.0 Å². The fourth-order valence-corrected chi connectivity index (χ4v) is 4.66. The van der Waals surface area contributed by atoms with E-state index in [-0.39, 0.29) is 30.0 Å². The maximum atomic E-state index is 13.7. The lowest BCUT2D eigenvalue weighted by molar-refractivity contribution is -0.235. The van der Waals surface area contributed by atoms with Crippen LogP contribution in [0.15, 0.2) is 72.6 Å². The molecule has 0 spiro atoms. The first kappa shape index (κ1) is 27.3. The van der Waals surface area contributed by atoms with Gasteiger partial charge in [-0.2, -0.15) is 26.3 Å². The SMILES string of the molecule is C[C@@H](O[C@H]1OCCN(Cc2ccccc2)C1[C@@H]1C=CC(F)=CC1)c1cc(C(F)(F)F)cc(C(F)(F)F)c1. The number of nitrogens with zero attached hydrogens (tertiary/aromatic N) is 1. The molecule has 1 fully saturated rings. The van der Waals surface area contributed by atoms with E-state index in [0.29, 0.717) is 31.6 Å². The van der Waals surface area contributed by atoms with Crippen molar-refractivity contribution >= 4 is 0 Å². The zero-order valence-corrected chi connectivity index (χ0v) is 19.9. The van der Waals surface area contributed by atoms with Gasteiger partial charge >= 0.3 is 12.4 Å². The average molecular weight is 529 g/mol. The van der Waals surface area contributed by atoms with Crippen molar-refractivity contribution in [3.63, 3.8) is 0 Å². The van der Waals surface area contributed by atoms with Crippen molar-refractivity contribution < 1.29 is 40.2 Å². The van der Waals surface area contributed by atoms with E-state index < -0.39 is 41.9 Å². The minimum Gasteiger partial charge on any atom is -0.350 e. The van der Waals surface area contributed by atoms with Crippen LogP contribution >= 0.6 is 0 Å². The summed E-state index contributed by atoms with van der Waals surface area (Å²) in [5, 5.41) is 0. The van der Waals surface area contributed by atoms with Gasteiger partial charge in [0.15, 0.2) is 6.29 Å². The Bertz CT molecular complexity index is 1100. The molecule has 0 bridgehead atoms. The van der Waals surface area contributed by atoms with Crippen LogP contribution in [-0.4, -0.2) is 30.4 Å². The Kier molecular flexibility index (Phi) is 8.11. The van der Waals surface area contributed by atoms with Crippen molar-refractivity contribution in [1.82, 2.24) is 4.90 Å². The number of hydrogen-bond acceptors (Lipinski definition) is 3. The monoisotopic (exact) mass is 529 g/mol. The third-order valence-electron chi connectivity index (χ3n) is 6.53. The van der Waals surface area contributed by atoms with Gasteiger partial charge in [-0.3, -0.25) is 4.90 Å². The highest BCUT2D eigenvalue weighted by Gasteiger charge is 2.41. The molecule has 37 heavy (non-hydrogen) atoms. The average Bonchev–Trinajstić information content (AvgIpc) is 2.84. The van der Waals surface area contributed by atoms with Gasteiger partial charge in [-0.15, -0.1) is 0 Å². The Balaban J connectivity index is 1.63. The van der Waals surface area contributed by atoms with Crippen LogP contribution in [0.1, 0.15) is 41.7 Å². The van der Waals surface area contributed by atoms with E-state index in [0.717, 1.165) is 5.56 Å². The molecule has 1 unspecified atom stereocenters. The molecule has 2 aliphatic rings. The Morgan fingerprint density at radius 2 is 1.65 bits per heavy atom. The molecule has 1 aliphatic carbocycles. The van der Waals surface area contributed by atoms with Crippen molar-refractivity contribution in [1.29, 1.82) is 0 Å². The van der Waals surface area contributed by atoms with Gasteiger partial charge < -0.3 is 9.47 Å². The number of hydrogen-bond donors (Lipinski definition) is 0. The maximum absolute atomic E-state index is 13.7. The molecule has 0 saturated carbocycles. The topological polar surface area (TPSA) is 21.7 Å². The molecule has 2 aromatic carbocycles. The summed E-state index contributed by atoms with van der Waals surface area (Å²) in [5.74, 6) is -0.620. The maximum Gasteiger partial charge on any atom is 0.416 e. The lowest BCUT2D eigenvalue weighted by atomic mass is 9.89. The fourth-order valence-electron chi connectivity index (χ4n) is 4.66. The zero-order chi connectivity index (χ0) is 26.8. The predicted octanol–water partition coefficient (Wildman–Crippen LogP) is 7.46. The smallest absolute Gasteiger partial charge is 0.350 e. The van der Waals surface area contributed by atoms with Gasteiger partial charge in [-0.1, -0.05) is 36.4 Å². The largest absolute Gasteiger partial charge is 0.416 e. The van der Waals surface area contributed by atoms with Gasteiger partial charge in [-0.25, -0.2) is 4.39 Å². The van der Waals surface area contributed by atoms with E-state index in [1.807, 2.05) is 30.3 Å². The number of allylic oxidation sites excluding steroid dienone is 3. The molecule has 0 radical (unpaired) electrons. The van der Waals surface area contributed by atoms with Crippen molar-refractivity contribution in [2.24, 2.45) is 5.92 Å². The molecule has 2 aromatic rings. The molecular weight excluding hydrogens is 503 g/mol. The lowest BCUT2D eigenvalue weighted by Crippen LogP contribution is -2.55. The molecule has 0 aromatic heterocycles. The first-order chi connectivity index (χ1) is 17.4. The Labute approximate surface area is 210 Å². The Hall–Kier alpha value is -2.69. The zero-order valence-electron chi connectivity index (χ0n) is 19.9. The summed E-state index contributed by atoms with van der Waals surface area (Å²) < 4.78 is 106. The van der Waals surface area contributed by atoms with E-state index in [1.54, 1.807) is 6.08 Å². The summed E-state index contributed by atoms with van der Waals surface area (Å²) in [7, 11) is 0. The van der Waals surface area contributed by atoms with E-state index >= 15 is 0 Å². The van der Waals surface area contributed by atoms with E-state index in [2.05, 4.69) is 4.90 Å². The first-order valence-corrected chi connectivity index (χ1v) is 11.8. The third-order valence-corrected chi connectivity index (χ3v) is 6.53. The van der Waals surface area contributed by atoms with Gasteiger partial charge in [0.25, 0.3) is 0 Å². The van der Waals surface area contributed by atoms with Crippen molar-refractivity contribution in [2.75, 3.05) is 13.2 Å². The summed E-state index contributed by atoms with van der Waals surface area (Å²) in [5.41, 5.74) is -2.07. The molecule has 4 rings (SSSR count). The number of benzene rings is 2. The van der Waals surface area contributed by atoms with Crippen LogP contribution in [0.2, 0.25) is 0 Å². The second kappa shape index (κ2) is 11.0. The number of rotatable bonds is 6. The first-order valence-electron chi connectivity index (χ1n) is 11.8. The molecule has 200 valence electrons. The van der Waals surface area contributed by atoms with Gasteiger partial charge in [0.1, 0.15) is 5.83 Å². The molecule has 1 heterocycles. The second-order valence-electron chi connectivity index (χ2n) is 9.15. The molecule has 3 nitrogen and oxygen atoms in total. The molecule has 1 aliphatic heterocycles. The highest BCUT2D eigenvalue weighted by molar-refractivity contribution is 5.34. The van der Waals surface area contributed by atoms with E-state index in [1.165, 1.54) is 19.1 Å². The summed E-state index contributed by atoms with van der Waals surface area (Å²) in [6.45, 7) is 2.67. The Morgan fingerprint density at radius 1 is 1.00 bits per heavy atom. The molecule has 0 N–H and O–H groups in total. The van der Waals surface area contributed by atoms with Crippen LogP contribution in [0, 0.1) is 5.92 Å². The lowest BCUT2D eigenvalue weighted by Gasteiger charge is -2.45. The number of morpholine rings is 1.